The van der Waals surface area contributed by atoms with Crippen LogP contribution in [0.4, 0.5) is 10.5 Å². The van der Waals surface area contributed by atoms with Crippen molar-refractivity contribution in [3.63, 3.8) is 0 Å². The van der Waals surface area contributed by atoms with Crippen LogP contribution in [0.1, 0.15) is 44.2 Å². The lowest BCUT2D eigenvalue weighted by atomic mass is 9.99. The second-order valence-electron chi connectivity index (χ2n) is 6.74. The van der Waals surface area contributed by atoms with Gasteiger partial charge in [-0.2, -0.15) is 0 Å². The second kappa shape index (κ2) is 9.00. The highest BCUT2D eigenvalue weighted by Gasteiger charge is 2.34. The molecule has 29 heavy (non-hydrogen) atoms. The zero-order chi connectivity index (χ0) is 21.0. The van der Waals surface area contributed by atoms with Gasteiger partial charge in [-0.05, 0) is 37.6 Å². The van der Waals surface area contributed by atoms with Gasteiger partial charge < -0.3 is 25.7 Å². The molecule has 0 saturated heterocycles. The Kier molecular flexibility index (Phi) is 6.43. The fourth-order valence-corrected chi connectivity index (χ4v) is 3.41. The van der Waals surface area contributed by atoms with Crippen molar-refractivity contribution in [1.29, 1.82) is 0 Å². The molecule has 1 atom stereocenters. The van der Waals surface area contributed by atoms with Crippen molar-refractivity contribution in [2.75, 3.05) is 12.4 Å². The standard InChI is InChI=1S/C20H24ClN5O3/c1-4-5-6-14-24-17(18(21)25-14)16-15(11(2)22-20(28)26-16)19(27)23-12-7-9-13(29-3)10-8-12/h7-10,16H,4-6H2,1-3H3,(H,23,27)(H,24,25)(H2,22,26,28). The Labute approximate surface area is 174 Å². The number of allylic oxidation sites excluding steroid dienone is 1. The number of ether oxygens (including phenoxy) is 1. The summed E-state index contributed by atoms with van der Waals surface area (Å²) in [6.45, 7) is 3.77. The predicted octanol–water partition coefficient (Wildman–Crippen LogP) is 3.68. The van der Waals surface area contributed by atoms with Crippen LogP contribution >= 0.6 is 11.6 Å². The molecule has 0 bridgehead atoms. The van der Waals surface area contributed by atoms with Crippen LogP contribution in [-0.4, -0.2) is 29.0 Å². The van der Waals surface area contributed by atoms with Gasteiger partial charge in [0.2, 0.25) is 0 Å². The molecule has 1 aliphatic heterocycles. The lowest BCUT2D eigenvalue weighted by molar-refractivity contribution is -0.113. The molecule has 2 heterocycles. The van der Waals surface area contributed by atoms with Gasteiger partial charge in [-0.25, -0.2) is 9.78 Å². The minimum absolute atomic E-state index is 0.242. The smallest absolute Gasteiger partial charge is 0.319 e. The molecule has 0 spiro atoms. The van der Waals surface area contributed by atoms with E-state index >= 15 is 0 Å². The maximum absolute atomic E-state index is 13.0. The summed E-state index contributed by atoms with van der Waals surface area (Å²) in [5, 5.41) is 8.50. The third-order valence-electron chi connectivity index (χ3n) is 4.65. The van der Waals surface area contributed by atoms with Crippen LogP contribution < -0.4 is 20.7 Å². The normalized spacial score (nSPS) is 16.3. The van der Waals surface area contributed by atoms with Crippen LogP contribution in [0.5, 0.6) is 5.75 Å². The number of amides is 3. The first-order valence-corrected chi connectivity index (χ1v) is 9.78. The van der Waals surface area contributed by atoms with Gasteiger partial charge in [-0.15, -0.1) is 0 Å². The van der Waals surface area contributed by atoms with E-state index in [0.717, 1.165) is 25.1 Å². The maximum Gasteiger partial charge on any atom is 0.319 e. The van der Waals surface area contributed by atoms with Crippen LogP contribution in [0.3, 0.4) is 0 Å². The van der Waals surface area contributed by atoms with Crippen LogP contribution in [0.15, 0.2) is 35.5 Å². The number of urea groups is 1. The summed E-state index contributed by atoms with van der Waals surface area (Å²) in [6.07, 6.45) is 2.72. The molecule has 3 amide bonds. The van der Waals surface area contributed by atoms with Crippen molar-refractivity contribution in [2.24, 2.45) is 0 Å². The van der Waals surface area contributed by atoms with Gasteiger partial charge >= 0.3 is 6.03 Å². The quantitative estimate of drug-likeness (QED) is 0.551. The SMILES string of the molecule is CCCCc1nc(Cl)c(C2NC(=O)NC(C)=C2C(=O)Nc2ccc(OC)cc2)[nH]1. The number of nitrogens with one attached hydrogen (secondary N) is 4. The van der Waals surface area contributed by atoms with Gasteiger partial charge in [0, 0.05) is 17.8 Å². The average Bonchev–Trinajstić information content (AvgIpc) is 3.06. The van der Waals surface area contributed by atoms with Crippen LogP contribution in [-0.2, 0) is 11.2 Å². The van der Waals surface area contributed by atoms with Gasteiger partial charge in [0.15, 0.2) is 5.15 Å². The molecular formula is C20H24ClN5O3. The van der Waals surface area contributed by atoms with E-state index in [1.165, 1.54) is 0 Å². The number of H-pyrrole nitrogens is 1. The number of rotatable bonds is 7. The van der Waals surface area contributed by atoms with E-state index in [1.807, 2.05) is 0 Å². The molecule has 1 aromatic heterocycles. The van der Waals surface area contributed by atoms with E-state index in [2.05, 4.69) is 32.8 Å². The van der Waals surface area contributed by atoms with E-state index in [4.69, 9.17) is 16.3 Å². The van der Waals surface area contributed by atoms with Crippen molar-refractivity contribution in [2.45, 2.75) is 39.2 Å². The van der Waals surface area contributed by atoms with Crippen molar-refractivity contribution in [3.05, 3.63) is 52.2 Å². The van der Waals surface area contributed by atoms with Crippen LogP contribution in [0.2, 0.25) is 5.15 Å². The van der Waals surface area contributed by atoms with Crippen molar-refractivity contribution < 1.29 is 14.3 Å². The number of nitrogens with zero attached hydrogens (tertiary/aromatic N) is 1. The Morgan fingerprint density at radius 2 is 2.03 bits per heavy atom. The number of imidazole rings is 1. The molecule has 0 aliphatic carbocycles. The number of methoxy groups -OCH3 is 1. The van der Waals surface area contributed by atoms with E-state index in [9.17, 15) is 9.59 Å². The molecule has 3 rings (SSSR count). The van der Waals surface area contributed by atoms with Crippen molar-refractivity contribution in [3.8, 4) is 5.75 Å². The molecule has 0 fully saturated rings. The summed E-state index contributed by atoms with van der Waals surface area (Å²) in [4.78, 5) is 32.6. The third-order valence-corrected chi connectivity index (χ3v) is 4.94. The molecule has 1 aliphatic rings. The third kappa shape index (κ3) is 4.71. The zero-order valence-electron chi connectivity index (χ0n) is 16.6. The summed E-state index contributed by atoms with van der Waals surface area (Å²) in [5.41, 5.74) is 1.90. The number of aromatic amines is 1. The minimum atomic E-state index is -0.739. The van der Waals surface area contributed by atoms with Gasteiger partial charge in [0.1, 0.15) is 17.6 Å². The zero-order valence-corrected chi connectivity index (χ0v) is 17.3. The van der Waals surface area contributed by atoms with Crippen molar-refractivity contribution in [1.82, 2.24) is 20.6 Å². The topological polar surface area (TPSA) is 108 Å². The van der Waals surface area contributed by atoms with Gasteiger partial charge in [-0.1, -0.05) is 24.9 Å². The highest BCUT2D eigenvalue weighted by molar-refractivity contribution is 6.30. The van der Waals surface area contributed by atoms with E-state index in [-0.39, 0.29) is 11.1 Å². The van der Waals surface area contributed by atoms with Gasteiger partial charge in [-0.3, -0.25) is 4.79 Å². The second-order valence-corrected chi connectivity index (χ2v) is 7.10. The summed E-state index contributed by atoms with van der Waals surface area (Å²) >= 11 is 6.33. The summed E-state index contributed by atoms with van der Waals surface area (Å²) in [5.74, 6) is 1.06. The Hall–Kier alpha value is -3.00. The van der Waals surface area contributed by atoms with E-state index in [0.29, 0.717) is 28.4 Å². The number of aryl methyl sites for hydroxylation is 1. The number of hydrogen-bond acceptors (Lipinski definition) is 4. The molecule has 1 aromatic carbocycles. The molecule has 0 radical (unpaired) electrons. The number of halogens is 1. The lowest BCUT2D eigenvalue weighted by Crippen LogP contribution is -2.46. The molecule has 4 N–H and O–H groups in total. The Balaban J connectivity index is 1.89. The molecule has 154 valence electrons. The molecule has 2 aromatic rings. The summed E-state index contributed by atoms with van der Waals surface area (Å²) in [6, 6.07) is 5.83. The molecule has 1 unspecified atom stereocenters. The first-order chi connectivity index (χ1) is 13.9. The van der Waals surface area contributed by atoms with Crippen LogP contribution in [0.25, 0.3) is 0 Å². The number of aromatic nitrogens is 2. The number of anilines is 1. The number of hydrogen-bond donors (Lipinski definition) is 4. The summed E-state index contributed by atoms with van der Waals surface area (Å²) in [7, 11) is 1.58. The summed E-state index contributed by atoms with van der Waals surface area (Å²) < 4.78 is 5.13. The Morgan fingerprint density at radius 3 is 2.69 bits per heavy atom. The molecular weight excluding hydrogens is 394 g/mol. The highest BCUT2D eigenvalue weighted by atomic mass is 35.5. The monoisotopic (exact) mass is 417 g/mol. The minimum Gasteiger partial charge on any atom is -0.497 e. The lowest BCUT2D eigenvalue weighted by Gasteiger charge is -2.27. The average molecular weight is 418 g/mol. The molecule has 8 nitrogen and oxygen atoms in total. The van der Waals surface area contributed by atoms with Crippen molar-refractivity contribution >= 4 is 29.2 Å². The first kappa shape index (κ1) is 20.7. The highest BCUT2D eigenvalue weighted by Crippen LogP contribution is 2.31. The van der Waals surface area contributed by atoms with Gasteiger partial charge in [0.25, 0.3) is 5.91 Å². The van der Waals surface area contributed by atoms with E-state index in [1.54, 1.807) is 38.3 Å². The van der Waals surface area contributed by atoms with E-state index < -0.39 is 12.1 Å². The fraction of sp³-hybridized carbons (Fsp3) is 0.350. The number of carbonyl (C=O) groups excluding carboxylic acids is 2. The first-order valence-electron chi connectivity index (χ1n) is 9.40. The predicted molar refractivity (Wildman–Crippen MR) is 111 cm³/mol. The Bertz CT molecular complexity index is 936. The largest absolute Gasteiger partial charge is 0.497 e. The Morgan fingerprint density at radius 1 is 1.31 bits per heavy atom. The maximum atomic E-state index is 13.0. The number of unbranched alkanes of at least 4 members (excludes halogenated alkanes) is 1. The van der Waals surface area contributed by atoms with Gasteiger partial charge in [0.05, 0.1) is 18.4 Å². The van der Waals surface area contributed by atoms with Crippen LogP contribution in [0, 0.1) is 0 Å². The fourth-order valence-electron chi connectivity index (χ4n) is 3.15. The molecule has 9 heteroatoms. The molecule has 0 saturated carbocycles. The number of benzene rings is 1. The number of carbonyl (C=O) groups is 2.